The summed E-state index contributed by atoms with van der Waals surface area (Å²) in [5.41, 5.74) is 1.82. The van der Waals surface area contributed by atoms with Gasteiger partial charge in [-0.2, -0.15) is 0 Å². The van der Waals surface area contributed by atoms with Crippen LogP contribution in [0.4, 0.5) is 5.69 Å². The highest BCUT2D eigenvalue weighted by Crippen LogP contribution is 2.41. The number of carboxylic acids is 1. The highest BCUT2D eigenvalue weighted by molar-refractivity contribution is 5.67. The Morgan fingerprint density at radius 2 is 1.82 bits per heavy atom. The van der Waals surface area contributed by atoms with E-state index in [0.717, 1.165) is 48.7 Å². The summed E-state index contributed by atoms with van der Waals surface area (Å²) in [6.07, 6.45) is 2.86. The third kappa shape index (κ3) is 6.27. The standard InChI is InChI=1S/C26H33NO6/c1-32-22-7-5-6-19(16-22)26(11-10-20(28)17-21(29)18-25(30)31)12-14-27(15-13-26)23-8-3-4-9-24(23)33-2/h3-11,16,20-21,28-29H,12-15,17-18H2,1-2H3,(H,30,31). The van der Waals surface area contributed by atoms with Crippen molar-refractivity contribution in [2.45, 2.75) is 43.3 Å². The molecule has 2 aromatic carbocycles. The van der Waals surface area contributed by atoms with E-state index in [2.05, 4.69) is 17.0 Å². The van der Waals surface area contributed by atoms with E-state index in [-0.39, 0.29) is 18.3 Å². The number of rotatable bonds is 10. The first kappa shape index (κ1) is 24.6. The van der Waals surface area contributed by atoms with Crippen LogP contribution in [0.15, 0.2) is 60.7 Å². The second-order valence-electron chi connectivity index (χ2n) is 8.46. The molecule has 2 atom stereocenters. The van der Waals surface area contributed by atoms with Crippen molar-refractivity contribution in [3.05, 3.63) is 66.2 Å². The fourth-order valence-corrected chi connectivity index (χ4v) is 4.46. The highest BCUT2D eigenvalue weighted by Gasteiger charge is 2.35. The summed E-state index contributed by atoms with van der Waals surface area (Å²) in [5.74, 6) is 0.518. The fourth-order valence-electron chi connectivity index (χ4n) is 4.46. The largest absolute Gasteiger partial charge is 0.497 e. The van der Waals surface area contributed by atoms with Crippen molar-refractivity contribution in [1.29, 1.82) is 0 Å². The Kier molecular flexibility index (Phi) is 8.36. The van der Waals surface area contributed by atoms with Crippen LogP contribution in [0.1, 0.15) is 31.2 Å². The van der Waals surface area contributed by atoms with Crippen LogP contribution in [-0.2, 0) is 10.2 Å². The predicted molar refractivity (Wildman–Crippen MR) is 127 cm³/mol. The molecule has 0 bridgehead atoms. The van der Waals surface area contributed by atoms with Gasteiger partial charge in [-0.05, 0) is 42.7 Å². The van der Waals surface area contributed by atoms with Gasteiger partial charge in [-0.3, -0.25) is 4.79 Å². The van der Waals surface area contributed by atoms with Crippen molar-refractivity contribution in [1.82, 2.24) is 0 Å². The van der Waals surface area contributed by atoms with Crippen LogP contribution >= 0.6 is 0 Å². The lowest BCUT2D eigenvalue weighted by atomic mass is 9.72. The van der Waals surface area contributed by atoms with Crippen LogP contribution in [0.2, 0.25) is 0 Å². The van der Waals surface area contributed by atoms with Gasteiger partial charge < -0.3 is 29.7 Å². The Labute approximate surface area is 194 Å². The monoisotopic (exact) mass is 455 g/mol. The number of piperidine rings is 1. The first-order valence-corrected chi connectivity index (χ1v) is 11.2. The van der Waals surface area contributed by atoms with Crippen LogP contribution in [0, 0.1) is 0 Å². The molecule has 33 heavy (non-hydrogen) atoms. The number of methoxy groups -OCH3 is 2. The molecule has 3 rings (SSSR count). The molecular weight excluding hydrogens is 422 g/mol. The van der Waals surface area contributed by atoms with Crippen molar-refractivity contribution in [2.24, 2.45) is 0 Å². The van der Waals surface area contributed by atoms with Gasteiger partial charge in [-0.1, -0.05) is 36.4 Å². The Hall–Kier alpha value is -3.03. The average Bonchev–Trinajstić information content (AvgIpc) is 2.82. The number of anilines is 1. The highest BCUT2D eigenvalue weighted by atomic mass is 16.5. The van der Waals surface area contributed by atoms with Gasteiger partial charge in [-0.25, -0.2) is 0 Å². The van der Waals surface area contributed by atoms with Crippen molar-refractivity contribution in [2.75, 3.05) is 32.2 Å². The molecule has 2 unspecified atom stereocenters. The van der Waals surface area contributed by atoms with Gasteiger partial charge in [0.15, 0.2) is 0 Å². The van der Waals surface area contributed by atoms with Gasteiger partial charge in [-0.15, -0.1) is 0 Å². The minimum atomic E-state index is -1.10. The number of aliphatic hydroxyl groups excluding tert-OH is 2. The van der Waals surface area contributed by atoms with Crippen molar-refractivity contribution < 1.29 is 29.6 Å². The molecule has 2 aromatic rings. The third-order valence-corrected chi connectivity index (χ3v) is 6.29. The van der Waals surface area contributed by atoms with Crippen LogP contribution < -0.4 is 14.4 Å². The third-order valence-electron chi connectivity index (χ3n) is 6.29. The first-order valence-electron chi connectivity index (χ1n) is 11.2. The molecule has 0 aliphatic carbocycles. The second kappa shape index (κ2) is 11.2. The van der Waals surface area contributed by atoms with E-state index in [4.69, 9.17) is 14.6 Å². The Balaban J connectivity index is 1.83. The Morgan fingerprint density at radius 3 is 2.48 bits per heavy atom. The zero-order chi connectivity index (χ0) is 23.8. The van der Waals surface area contributed by atoms with Gasteiger partial charge in [0.2, 0.25) is 0 Å². The molecule has 1 saturated heterocycles. The summed E-state index contributed by atoms with van der Waals surface area (Å²) in [7, 11) is 3.31. The molecule has 7 heteroatoms. The molecule has 7 nitrogen and oxygen atoms in total. The molecule has 3 N–H and O–H groups in total. The first-order chi connectivity index (χ1) is 15.9. The van der Waals surface area contributed by atoms with Gasteiger partial charge in [0.1, 0.15) is 11.5 Å². The lowest BCUT2D eigenvalue weighted by molar-refractivity contribution is -0.139. The quantitative estimate of drug-likeness (QED) is 0.472. The molecule has 0 amide bonds. The Morgan fingerprint density at radius 1 is 1.09 bits per heavy atom. The molecule has 1 aliphatic rings. The average molecular weight is 456 g/mol. The number of carboxylic acid groups (broad SMARTS) is 1. The fraction of sp³-hybridized carbons (Fsp3) is 0.423. The summed E-state index contributed by atoms with van der Waals surface area (Å²) in [4.78, 5) is 13.1. The van der Waals surface area contributed by atoms with E-state index in [1.807, 2.05) is 42.5 Å². The smallest absolute Gasteiger partial charge is 0.305 e. The summed E-state index contributed by atoms with van der Waals surface area (Å²) < 4.78 is 11.0. The SMILES string of the molecule is COc1cccc(C2(C=CC(O)CC(O)CC(=O)O)CCN(c3ccccc3OC)CC2)c1. The van der Waals surface area contributed by atoms with E-state index in [1.54, 1.807) is 20.3 Å². The zero-order valence-electron chi connectivity index (χ0n) is 19.2. The van der Waals surface area contributed by atoms with E-state index < -0.39 is 18.2 Å². The van der Waals surface area contributed by atoms with E-state index in [0.29, 0.717) is 0 Å². The summed E-state index contributed by atoms with van der Waals surface area (Å²) in [5, 5.41) is 29.1. The summed E-state index contributed by atoms with van der Waals surface area (Å²) in [6.45, 7) is 1.58. The minimum absolute atomic E-state index is 0.0235. The summed E-state index contributed by atoms with van der Waals surface area (Å²) in [6, 6.07) is 15.9. The molecule has 1 aliphatic heterocycles. The van der Waals surface area contributed by atoms with Gasteiger partial charge in [0.05, 0.1) is 38.5 Å². The van der Waals surface area contributed by atoms with Crippen molar-refractivity contribution in [3.8, 4) is 11.5 Å². The van der Waals surface area contributed by atoms with Crippen molar-refractivity contribution in [3.63, 3.8) is 0 Å². The van der Waals surface area contributed by atoms with E-state index in [9.17, 15) is 15.0 Å². The summed E-state index contributed by atoms with van der Waals surface area (Å²) >= 11 is 0. The van der Waals surface area contributed by atoms with Gasteiger partial charge in [0.25, 0.3) is 0 Å². The van der Waals surface area contributed by atoms with Crippen LogP contribution in [0.5, 0.6) is 11.5 Å². The number of para-hydroxylation sites is 2. The van der Waals surface area contributed by atoms with Crippen LogP contribution in [-0.4, -0.2) is 60.8 Å². The van der Waals surface area contributed by atoms with Gasteiger partial charge in [0, 0.05) is 24.9 Å². The number of allylic oxidation sites excluding steroid dienone is 1. The maximum absolute atomic E-state index is 10.8. The number of hydrogen-bond acceptors (Lipinski definition) is 6. The molecule has 178 valence electrons. The molecule has 0 saturated carbocycles. The number of carbonyl (C=O) groups is 1. The molecule has 1 fully saturated rings. The predicted octanol–water partition coefficient (Wildman–Crippen LogP) is 3.38. The molecular formula is C26H33NO6. The van der Waals surface area contributed by atoms with Gasteiger partial charge >= 0.3 is 5.97 Å². The number of hydrogen-bond donors (Lipinski definition) is 3. The van der Waals surface area contributed by atoms with Crippen LogP contribution in [0.3, 0.4) is 0 Å². The maximum atomic E-state index is 10.8. The van der Waals surface area contributed by atoms with E-state index >= 15 is 0 Å². The number of nitrogens with zero attached hydrogens (tertiary/aromatic N) is 1. The topological polar surface area (TPSA) is 99.5 Å². The van der Waals surface area contributed by atoms with Crippen LogP contribution in [0.25, 0.3) is 0 Å². The maximum Gasteiger partial charge on any atom is 0.305 e. The molecule has 0 radical (unpaired) electrons. The Bertz CT molecular complexity index is 951. The minimum Gasteiger partial charge on any atom is -0.497 e. The normalized spacial score (nSPS) is 17.5. The number of benzene rings is 2. The number of ether oxygens (including phenoxy) is 2. The number of aliphatic carboxylic acids is 1. The van der Waals surface area contributed by atoms with Crippen molar-refractivity contribution >= 4 is 11.7 Å². The lowest BCUT2D eigenvalue weighted by Crippen LogP contribution is -2.42. The molecule has 0 spiro atoms. The lowest BCUT2D eigenvalue weighted by Gasteiger charge is -2.42. The van der Waals surface area contributed by atoms with E-state index in [1.165, 1.54) is 0 Å². The molecule has 1 heterocycles. The second-order valence-corrected chi connectivity index (χ2v) is 8.46. The number of aliphatic hydroxyl groups is 2. The zero-order valence-corrected chi connectivity index (χ0v) is 19.2. The molecule has 0 aromatic heterocycles.